The minimum Gasteiger partial charge on any atom is -0.375 e. The molecular weight excluding hydrogens is 268 g/mol. The maximum absolute atomic E-state index is 11.1. The van der Waals surface area contributed by atoms with Crippen LogP contribution in [0.1, 0.15) is 36.6 Å². The Hall–Kier alpha value is -2.37. The molecule has 0 spiro atoms. The van der Waals surface area contributed by atoms with Crippen LogP contribution in [0.25, 0.3) is 0 Å². The third kappa shape index (κ3) is 3.39. The zero-order valence-corrected chi connectivity index (χ0v) is 12.8. The molecule has 0 saturated heterocycles. The predicted octanol–water partition coefficient (Wildman–Crippen LogP) is 3.37. The maximum atomic E-state index is 11.1. The first kappa shape index (κ1) is 15.0. The normalized spacial score (nSPS) is 10.9. The van der Waals surface area contributed by atoms with Crippen LogP contribution in [0, 0.1) is 17.0 Å². The number of nitrogens with zero attached hydrogens (tertiary/aromatic N) is 3. The van der Waals surface area contributed by atoms with E-state index in [9.17, 15) is 10.1 Å². The smallest absolute Gasteiger partial charge is 0.292 e. The van der Waals surface area contributed by atoms with Gasteiger partial charge in [0.15, 0.2) is 0 Å². The van der Waals surface area contributed by atoms with E-state index < -0.39 is 0 Å². The number of nitro benzene ring substituents is 1. The van der Waals surface area contributed by atoms with Gasteiger partial charge < -0.3 is 5.32 Å². The Labute approximate surface area is 123 Å². The molecule has 0 amide bonds. The van der Waals surface area contributed by atoms with E-state index in [1.54, 1.807) is 16.8 Å². The van der Waals surface area contributed by atoms with Crippen LogP contribution in [-0.4, -0.2) is 14.7 Å². The summed E-state index contributed by atoms with van der Waals surface area (Å²) >= 11 is 0. The number of benzene rings is 1. The zero-order chi connectivity index (χ0) is 15.6. The predicted molar refractivity (Wildman–Crippen MR) is 82.5 cm³/mol. The van der Waals surface area contributed by atoms with Crippen molar-refractivity contribution in [2.75, 3.05) is 5.32 Å². The summed E-state index contributed by atoms with van der Waals surface area (Å²) in [6.45, 7) is 6.53. The Morgan fingerprint density at radius 3 is 2.76 bits per heavy atom. The average Bonchev–Trinajstić information content (AvgIpc) is 2.78. The lowest BCUT2D eigenvalue weighted by Gasteiger charge is -2.09. The molecule has 0 aliphatic heterocycles. The molecule has 0 bridgehead atoms. The number of aromatic nitrogens is 2. The summed E-state index contributed by atoms with van der Waals surface area (Å²) in [5.41, 5.74) is 3.58. The molecule has 1 aromatic heterocycles. The van der Waals surface area contributed by atoms with Crippen LogP contribution in [0.3, 0.4) is 0 Å². The van der Waals surface area contributed by atoms with E-state index in [-0.39, 0.29) is 10.6 Å². The highest BCUT2D eigenvalue weighted by Gasteiger charge is 2.15. The molecular formula is C15H20N4O2. The summed E-state index contributed by atoms with van der Waals surface area (Å²) in [6, 6.07) is 5.19. The molecule has 0 saturated carbocycles. The molecule has 2 aromatic rings. The van der Waals surface area contributed by atoms with E-state index in [2.05, 4.69) is 24.3 Å². The van der Waals surface area contributed by atoms with Crippen molar-refractivity contribution in [3.63, 3.8) is 0 Å². The van der Waals surface area contributed by atoms with Crippen LogP contribution in [0.15, 0.2) is 24.4 Å². The quantitative estimate of drug-likeness (QED) is 0.676. The standard InChI is InChI=1S/C15H20N4O2/c1-10(2)15-12(9-18(4)17-15)8-16-13-6-5-11(3)7-14(13)19(20)21/h5-7,9-10,16H,8H2,1-4H3. The highest BCUT2D eigenvalue weighted by Crippen LogP contribution is 2.26. The molecule has 0 atom stereocenters. The Balaban J connectivity index is 2.23. The monoisotopic (exact) mass is 288 g/mol. The molecule has 6 nitrogen and oxygen atoms in total. The largest absolute Gasteiger partial charge is 0.375 e. The Morgan fingerprint density at radius 2 is 2.14 bits per heavy atom. The third-order valence-electron chi connectivity index (χ3n) is 3.30. The van der Waals surface area contributed by atoms with Gasteiger partial charge in [-0.05, 0) is 24.5 Å². The first-order valence-electron chi connectivity index (χ1n) is 6.89. The van der Waals surface area contributed by atoms with Gasteiger partial charge in [-0.1, -0.05) is 19.9 Å². The number of aryl methyl sites for hydroxylation is 2. The van der Waals surface area contributed by atoms with Crippen molar-refractivity contribution in [1.82, 2.24) is 9.78 Å². The van der Waals surface area contributed by atoms with Gasteiger partial charge in [-0.15, -0.1) is 0 Å². The Morgan fingerprint density at radius 1 is 1.43 bits per heavy atom. The summed E-state index contributed by atoms with van der Waals surface area (Å²) in [6.07, 6.45) is 1.95. The first-order valence-corrected chi connectivity index (χ1v) is 6.89. The second kappa shape index (κ2) is 5.95. The van der Waals surface area contributed by atoms with Crippen molar-refractivity contribution in [3.05, 3.63) is 51.3 Å². The van der Waals surface area contributed by atoms with Crippen LogP contribution in [0.5, 0.6) is 0 Å². The van der Waals surface area contributed by atoms with Gasteiger partial charge in [-0.3, -0.25) is 14.8 Å². The van der Waals surface area contributed by atoms with E-state index in [4.69, 9.17) is 0 Å². The zero-order valence-electron chi connectivity index (χ0n) is 12.8. The fourth-order valence-electron chi connectivity index (χ4n) is 2.31. The lowest BCUT2D eigenvalue weighted by Crippen LogP contribution is -2.05. The summed E-state index contributed by atoms with van der Waals surface area (Å²) in [5.74, 6) is 0.316. The van der Waals surface area contributed by atoms with Crippen molar-refractivity contribution in [3.8, 4) is 0 Å². The number of hydrogen-bond donors (Lipinski definition) is 1. The minimum atomic E-state index is -0.359. The summed E-state index contributed by atoms with van der Waals surface area (Å²) in [4.78, 5) is 10.8. The van der Waals surface area contributed by atoms with E-state index in [1.165, 1.54) is 0 Å². The molecule has 0 unspecified atom stereocenters. The molecule has 21 heavy (non-hydrogen) atoms. The molecule has 112 valence electrons. The van der Waals surface area contributed by atoms with E-state index in [1.807, 2.05) is 26.2 Å². The second-order valence-electron chi connectivity index (χ2n) is 5.50. The Bertz CT molecular complexity index is 662. The van der Waals surface area contributed by atoms with Gasteiger partial charge in [0.25, 0.3) is 5.69 Å². The molecule has 2 rings (SSSR count). The highest BCUT2D eigenvalue weighted by atomic mass is 16.6. The van der Waals surface area contributed by atoms with Gasteiger partial charge in [-0.25, -0.2) is 0 Å². The summed E-state index contributed by atoms with van der Waals surface area (Å²) in [7, 11) is 1.88. The van der Waals surface area contributed by atoms with Crippen molar-refractivity contribution >= 4 is 11.4 Å². The fraction of sp³-hybridized carbons (Fsp3) is 0.400. The van der Waals surface area contributed by atoms with Crippen LogP contribution >= 0.6 is 0 Å². The van der Waals surface area contributed by atoms with Gasteiger partial charge in [0.05, 0.1) is 10.6 Å². The average molecular weight is 288 g/mol. The van der Waals surface area contributed by atoms with Gasteiger partial charge in [0.2, 0.25) is 0 Å². The third-order valence-corrected chi connectivity index (χ3v) is 3.30. The number of rotatable bonds is 5. The van der Waals surface area contributed by atoms with Crippen LogP contribution in [0.2, 0.25) is 0 Å². The molecule has 0 fully saturated rings. The Kier molecular flexibility index (Phi) is 4.26. The van der Waals surface area contributed by atoms with Gasteiger partial charge >= 0.3 is 0 Å². The van der Waals surface area contributed by atoms with Crippen molar-refractivity contribution < 1.29 is 4.92 Å². The fourth-order valence-corrected chi connectivity index (χ4v) is 2.31. The van der Waals surface area contributed by atoms with Crippen molar-refractivity contribution in [1.29, 1.82) is 0 Å². The summed E-state index contributed by atoms with van der Waals surface area (Å²) < 4.78 is 1.77. The number of nitro groups is 1. The first-order chi connectivity index (χ1) is 9.88. The lowest BCUT2D eigenvalue weighted by atomic mass is 10.1. The van der Waals surface area contributed by atoms with Gasteiger partial charge in [-0.2, -0.15) is 5.10 Å². The number of hydrogen-bond acceptors (Lipinski definition) is 4. The SMILES string of the molecule is Cc1ccc(NCc2cn(C)nc2C(C)C)c([N+](=O)[O-])c1. The summed E-state index contributed by atoms with van der Waals surface area (Å²) in [5, 5.41) is 18.7. The van der Waals surface area contributed by atoms with E-state index in [0.29, 0.717) is 18.2 Å². The topological polar surface area (TPSA) is 73.0 Å². The molecule has 6 heteroatoms. The molecule has 0 aliphatic carbocycles. The number of anilines is 1. The minimum absolute atomic E-state index is 0.102. The molecule has 1 N–H and O–H groups in total. The molecule has 1 heterocycles. The number of nitrogens with one attached hydrogen (secondary N) is 1. The van der Waals surface area contributed by atoms with Crippen LogP contribution in [0.4, 0.5) is 11.4 Å². The molecule has 0 radical (unpaired) electrons. The van der Waals surface area contributed by atoms with Gasteiger partial charge in [0, 0.05) is 31.4 Å². The molecule has 1 aromatic carbocycles. The van der Waals surface area contributed by atoms with Gasteiger partial charge in [0.1, 0.15) is 5.69 Å². The second-order valence-corrected chi connectivity index (χ2v) is 5.50. The molecule has 0 aliphatic rings. The van der Waals surface area contributed by atoms with Crippen LogP contribution in [-0.2, 0) is 13.6 Å². The van der Waals surface area contributed by atoms with E-state index in [0.717, 1.165) is 16.8 Å². The highest BCUT2D eigenvalue weighted by molar-refractivity contribution is 5.62. The lowest BCUT2D eigenvalue weighted by molar-refractivity contribution is -0.384. The van der Waals surface area contributed by atoms with E-state index >= 15 is 0 Å². The van der Waals surface area contributed by atoms with Crippen LogP contribution < -0.4 is 5.32 Å². The van der Waals surface area contributed by atoms with Crippen molar-refractivity contribution in [2.24, 2.45) is 7.05 Å². The van der Waals surface area contributed by atoms with Crippen molar-refractivity contribution in [2.45, 2.75) is 33.2 Å². The maximum Gasteiger partial charge on any atom is 0.292 e.